The molecule has 2 heterocycles. The molecule has 322 valence electrons. The van der Waals surface area contributed by atoms with Gasteiger partial charge in [0, 0.05) is 17.3 Å². The van der Waals surface area contributed by atoms with E-state index >= 15 is 0 Å². The van der Waals surface area contributed by atoms with E-state index in [4.69, 9.17) is 18.9 Å². The van der Waals surface area contributed by atoms with Gasteiger partial charge >= 0.3 is 0 Å². The van der Waals surface area contributed by atoms with Gasteiger partial charge in [0.25, 0.3) is 0 Å². The fourth-order valence-corrected chi connectivity index (χ4v) is 12.5. The van der Waals surface area contributed by atoms with Crippen LogP contribution in [-0.2, 0) is 23.7 Å². The van der Waals surface area contributed by atoms with Crippen molar-refractivity contribution in [2.75, 3.05) is 13.2 Å². The zero-order valence-electron chi connectivity index (χ0n) is 34.5. The molecule has 19 atom stereocenters. The summed E-state index contributed by atoms with van der Waals surface area (Å²) in [6.45, 7) is 15.4. The molecule has 9 N–H and O–H groups in total. The van der Waals surface area contributed by atoms with Crippen LogP contribution in [0, 0.1) is 45.3 Å². The third-order valence-corrected chi connectivity index (χ3v) is 16.3. The van der Waals surface area contributed by atoms with Crippen LogP contribution in [0.5, 0.6) is 0 Å². The lowest BCUT2D eigenvalue weighted by molar-refractivity contribution is -0.322. The number of fused-ring (bicyclic) bond motifs is 5. The van der Waals surface area contributed by atoms with Crippen molar-refractivity contribution in [1.82, 2.24) is 0 Å². The van der Waals surface area contributed by atoms with Crippen molar-refractivity contribution in [3.05, 3.63) is 11.6 Å². The number of hydrogen-bond acceptors (Lipinski definition) is 14. The highest BCUT2D eigenvalue weighted by atomic mass is 16.7. The molecule has 6 rings (SSSR count). The van der Waals surface area contributed by atoms with Gasteiger partial charge < -0.3 is 64.9 Å². The molecule has 2 aliphatic heterocycles. The van der Waals surface area contributed by atoms with Crippen molar-refractivity contribution >= 4 is 5.78 Å². The third kappa shape index (κ3) is 7.07. The average Bonchev–Trinajstić information content (AvgIpc) is 3.40. The highest BCUT2D eigenvalue weighted by Gasteiger charge is 2.70. The van der Waals surface area contributed by atoms with Crippen molar-refractivity contribution < 1.29 is 69.7 Å². The number of carbonyl (C=O) groups is 1. The minimum absolute atomic E-state index is 0.00311. The Kier molecular flexibility index (Phi) is 12.5. The molecule has 0 aromatic heterocycles. The Morgan fingerprint density at radius 1 is 0.804 bits per heavy atom. The van der Waals surface area contributed by atoms with Crippen LogP contribution in [0.3, 0.4) is 0 Å². The molecule has 14 heteroatoms. The first-order valence-electron chi connectivity index (χ1n) is 20.9. The first-order valence-corrected chi connectivity index (χ1v) is 20.9. The summed E-state index contributed by atoms with van der Waals surface area (Å²) in [5.74, 6) is 0.778. The van der Waals surface area contributed by atoms with Crippen molar-refractivity contribution in [2.45, 2.75) is 186 Å². The highest BCUT2D eigenvalue weighted by molar-refractivity contribution is 5.88. The first kappa shape index (κ1) is 44.4. The largest absolute Gasteiger partial charge is 0.394 e. The SMILES string of the molecule is C[C@H](CC[C@@H](O[C@@H]1O[C@H](CO)[C@@H](O)[C@H](O)[C@H]1O)C(C)(C)O)C1CC[C@@]2(C)C3CC=C4C(CC[C@H](O[C@@H]5O[C@H](CO)[C@@H](O)[C@H](O)[C@H]5O)C4(C)C)[C@]3(C)C(=O)C[C@]12C. The van der Waals surface area contributed by atoms with Gasteiger partial charge in [0.1, 0.15) is 54.6 Å². The van der Waals surface area contributed by atoms with Crippen molar-refractivity contribution in [2.24, 2.45) is 45.3 Å². The maximum Gasteiger partial charge on any atom is 0.187 e. The molecule has 5 fully saturated rings. The molecule has 0 amide bonds. The van der Waals surface area contributed by atoms with Gasteiger partial charge in [-0.25, -0.2) is 0 Å². The Morgan fingerprint density at radius 2 is 1.38 bits per heavy atom. The monoisotopic (exact) mass is 798 g/mol. The summed E-state index contributed by atoms with van der Waals surface area (Å²) >= 11 is 0. The zero-order valence-corrected chi connectivity index (χ0v) is 34.5. The van der Waals surface area contributed by atoms with Gasteiger partial charge in [0.05, 0.1) is 31.0 Å². The van der Waals surface area contributed by atoms with E-state index in [-0.39, 0.29) is 40.3 Å². The van der Waals surface area contributed by atoms with Gasteiger partial charge in [0.15, 0.2) is 12.6 Å². The van der Waals surface area contributed by atoms with Crippen LogP contribution in [0.2, 0.25) is 0 Å². The van der Waals surface area contributed by atoms with E-state index in [0.717, 1.165) is 24.8 Å². The Labute approximate surface area is 331 Å². The Hall–Kier alpha value is -1.11. The molecule has 0 radical (unpaired) electrons. The fourth-order valence-electron chi connectivity index (χ4n) is 12.5. The van der Waals surface area contributed by atoms with Crippen molar-refractivity contribution in [3.8, 4) is 0 Å². The maximum atomic E-state index is 14.9. The zero-order chi connectivity index (χ0) is 41.5. The number of carbonyl (C=O) groups excluding carboxylic acids is 1. The molecule has 0 aromatic carbocycles. The molecular formula is C42H70O14. The molecule has 0 aromatic rings. The van der Waals surface area contributed by atoms with Gasteiger partial charge in [-0.05, 0) is 93.3 Å². The predicted molar refractivity (Wildman–Crippen MR) is 201 cm³/mol. The summed E-state index contributed by atoms with van der Waals surface area (Å²) in [7, 11) is 0. The summed E-state index contributed by atoms with van der Waals surface area (Å²) in [5.41, 5.74) is -1.70. The summed E-state index contributed by atoms with van der Waals surface area (Å²) < 4.78 is 23.8. The third-order valence-electron chi connectivity index (χ3n) is 16.3. The summed E-state index contributed by atoms with van der Waals surface area (Å²) in [6, 6.07) is 0. The van der Waals surface area contributed by atoms with E-state index in [2.05, 4.69) is 47.6 Å². The molecule has 56 heavy (non-hydrogen) atoms. The topological polar surface area (TPSA) is 236 Å². The maximum absolute atomic E-state index is 14.9. The molecule has 0 spiro atoms. The lowest BCUT2D eigenvalue weighted by Gasteiger charge is -2.65. The molecule has 2 saturated heterocycles. The average molecular weight is 799 g/mol. The van der Waals surface area contributed by atoms with E-state index in [1.54, 1.807) is 13.8 Å². The Bertz CT molecular complexity index is 1440. The molecular weight excluding hydrogens is 728 g/mol. The van der Waals surface area contributed by atoms with Crippen LogP contribution >= 0.6 is 0 Å². The van der Waals surface area contributed by atoms with Crippen LogP contribution in [0.25, 0.3) is 0 Å². The minimum atomic E-state index is -1.59. The van der Waals surface area contributed by atoms with E-state index in [9.17, 15) is 50.8 Å². The van der Waals surface area contributed by atoms with E-state index < -0.39 is 103 Å². The fraction of sp³-hybridized carbons (Fsp3) is 0.929. The van der Waals surface area contributed by atoms with Crippen molar-refractivity contribution in [3.63, 3.8) is 0 Å². The summed E-state index contributed by atoms with van der Waals surface area (Å²) in [4.78, 5) is 14.9. The number of rotatable bonds is 11. The molecule has 14 nitrogen and oxygen atoms in total. The van der Waals surface area contributed by atoms with Gasteiger partial charge in [-0.3, -0.25) is 4.79 Å². The second kappa shape index (κ2) is 15.7. The molecule has 0 bridgehead atoms. The molecule has 3 saturated carbocycles. The number of ketones is 1. The summed E-state index contributed by atoms with van der Waals surface area (Å²) in [5, 5.41) is 93.1. The minimum Gasteiger partial charge on any atom is -0.394 e. The number of hydrogen-bond donors (Lipinski definition) is 9. The second-order valence-corrected chi connectivity index (χ2v) is 20.0. The lowest BCUT2D eigenvalue weighted by Crippen LogP contribution is -2.64. The molecule has 3 unspecified atom stereocenters. The van der Waals surface area contributed by atoms with Crippen LogP contribution in [0.1, 0.15) is 107 Å². The van der Waals surface area contributed by atoms with Gasteiger partial charge in [-0.2, -0.15) is 0 Å². The second-order valence-electron chi connectivity index (χ2n) is 20.0. The van der Waals surface area contributed by atoms with Crippen molar-refractivity contribution in [1.29, 1.82) is 0 Å². The first-order chi connectivity index (χ1) is 26.0. The number of ether oxygens (including phenoxy) is 4. The number of allylic oxidation sites excluding steroid dienone is 1. The van der Waals surface area contributed by atoms with Gasteiger partial charge in [0.2, 0.25) is 0 Å². The Morgan fingerprint density at radius 3 is 1.95 bits per heavy atom. The number of aliphatic hydroxyl groups is 9. The van der Waals surface area contributed by atoms with E-state index in [1.165, 1.54) is 0 Å². The van der Waals surface area contributed by atoms with Crippen LogP contribution in [-0.4, -0.2) is 144 Å². The van der Waals surface area contributed by atoms with E-state index in [1.807, 2.05) is 0 Å². The molecule has 6 aliphatic rings. The lowest BCUT2D eigenvalue weighted by atomic mass is 9.38. The van der Waals surface area contributed by atoms with Gasteiger partial charge in [-0.1, -0.05) is 53.2 Å². The normalized spacial score (nSPS) is 49.0. The number of Topliss-reactive ketones (excluding diaryl/α,β-unsaturated/α-hetero) is 1. The molecule has 4 aliphatic carbocycles. The van der Waals surface area contributed by atoms with Crippen LogP contribution in [0.15, 0.2) is 11.6 Å². The predicted octanol–water partition coefficient (Wildman–Crippen LogP) is 1.33. The Balaban J connectivity index is 1.17. The standard InChI is InChI=1S/C42H70O14/c1-20(9-13-29(39(4,5)52)56-37-35(51)33(49)31(47)25(19-44)54-37)21-15-16-40(6)26-12-10-22-23(42(26,8)27(45)17-41(21,40)7)11-14-28(38(22,2)3)55-36-34(50)32(48)30(46)24(18-43)53-36/h10,20-21,23-26,28-37,43-44,46-52H,9,11-19H2,1-8H3/t20-,21?,23?,24-,25-,26?,28+,29-,30-,31-,32+,33+,34-,35-,36+,37+,40+,41-,42+/m1/s1. The smallest absolute Gasteiger partial charge is 0.187 e. The highest BCUT2D eigenvalue weighted by Crippen LogP contribution is 2.74. The quantitative estimate of drug-likeness (QED) is 0.134. The van der Waals surface area contributed by atoms with Gasteiger partial charge in [-0.15, -0.1) is 0 Å². The van der Waals surface area contributed by atoms with E-state index in [0.29, 0.717) is 32.1 Å². The van der Waals surface area contributed by atoms with Crippen LogP contribution in [0.4, 0.5) is 0 Å². The number of aliphatic hydroxyl groups excluding tert-OH is 8. The summed E-state index contributed by atoms with van der Waals surface area (Å²) in [6.07, 6.45) is -7.32. The van der Waals surface area contributed by atoms with Crippen LogP contribution < -0.4 is 0 Å².